The molecule has 0 bridgehead atoms. The fraction of sp³-hybridized carbons (Fsp3) is 0.100. The van der Waals surface area contributed by atoms with Gasteiger partial charge in [-0.2, -0.15) is 0 Å². The van der Waals surface area contributed by atoms with Crippen LogP contribution in [0.3, 0.4) is 0 Å². The van der Waals surface area contributed by atoms with E-state index >= 15 is 0 Å². The van der Waals surface area contributed by atoms with Gasteiger partial charge < -0.3 is 4.74 Å². The molecule has 5 heteroatoms. The minimum atomic E-state index is -0.140. The van der Waals surface area contributed by atoms with Gasteiger partial charge in [0.2, 0.25) is 0 Å². The van der Waals surface area contributed by atoms with Gasteiger partial charge in [0.05, 0.1) is 23.4 Å². The van der Waals surface area contributed by atoms with E-state index in [2.05, 4.69) is 10.9 Å². The third-order valence-electron chi connectivity index (χ3n) is 3.60. The van der Waals surface area contributed by atoms with Gasteiger partial charge in [0.25, 0.3) is 5.56 Å². The van der Waals surface area contributed by atoms with Crippen LogP contribution in [-0.2, 0) is 0 Å². The van der Waals surface area contributed by atoms with Crippen LogP contribution in [-0.4, -0.2) is 22.4 Å². The van der Waals surface area contributed by atoms with Crippen molar-refractivity contribution in [3.63, 3.8) is 0 Å². The Morgan fingerprint density at radius 3 is 2.52 bits per heavy atom. The molecule has 124 valence electrons. The molecule has 0 aliphatic carbocycles. The maximum Gasteiger partial charge on any atom is 0.272 e. The van der Waals surface area contributed by atoms with Crippen LogP contribution >= 0.6 is 11.8 Å². The van der Waals surface area contributed by atoms with Crippen molar-refractivity contribution < 1.29 is 4.74 Å². The van der Waals surface area contributed by atoms with E-state index in [0.29, 0.717) is 16.5 Å². The van der Waals surface area contributed by atoms with Gasteiger partial charge in [0.15, 0.2) is 0 Å². The highest BCUT2D eigenvalue weighted by Crippen LogP contribution is 2.23. The predicted molar refractivity (Wildman–Crippen MR) is 101 cm³/mol. The second kappa shape index (κ2) is 7.73. The van der Waals surface area contributed by atoms with Crippen molar-refractivity contribution in [1.82, 2.24) is 9.55 Å². The second-order valence-corrected chi connectivity index (χ2v) is 6.16. The fourth-order valence-corrected chi connectivity index (χ4v) is 3.00. The first kappa shape index (κ1) is 16.9. The lowest BCUT2D eigenvalue weighted by Crippen LogP contribution is -2.23. The van der Waals surface area contributed by atoms with Gasteiger partial charge in [-0.25, -0.2) is 4.98 Å². The molecular weight excluding hydrogens is 332 g/mol. The normalized spacial score (nSPS) is 10.2. The van der Waals surface area contributed by atoms with Gasteiger partial charge in [-0.1, -0.05) is 36.3 Å². The number of hydrogen-bond donors (Lipinski definition) is 0. The van der Waals surface area contributed by atoms with Gasteiger partial charge in [0.1, 0.15) is 11.6 Å². The lowest BCUT2D eigenvalue weighted by atomic mass is 10.2. The zero-order valence-corrected chi connectivity index (χ0v) is 14.5. The van der Waals surface area contributed by atoms with E-state index in [1.165, 1.54) is 11.8 Å². The molecule has 0 fully saturated rings. The summed E-state index contributed by atoms with van der Waals surface area (Å²) in [6.45, 7) is 0. The standard InChI is InChI=1S/C20H16N2O2S/c1-3-13-25-18-14-21-19(15-7-5-4-6-8-15)22(20(18)23)16-9-11-17(24-2)12-10-16/h1,4-12,14H,13H2,2H3. The molecule has 0 aliphatic rings. The summed E-state index contributed by atoms with van der Waals surface area (Å²) in [4.78, 5) is 18.1. The molecule has 0 saturated carbocycles. The van der Waals surface area contributed by atoms with Gasteiger partial charge in [-0.05, 0) is 24.3 Å². The molecular formula is C20H16N2O2S. The summed E-state index contributed by atoms with van der Waals surface area (Å²) in [5.41, 5.74) is 1.45. The van der Waals surface area contributed by atoms with Gasteiger partial charge in [-0.15, -0.1) is 18.2 Å². The van der Waals surface area contributed by atoms with Crippen LogP contribution in [0.4, 0.5) is 0 Å². The molecule has 3 aromatic rings. The first-order valence-electron chi connectivity index (χ1n) is 7.62. The van der Waals surface area contributed by atoms with Crippen LogP contribution in [0.2, 0.25) is 0 Å². The lowest BCUT2D eigenvalue weighted by Gasteiger charge is -2.14. The van der Waals surface area contributed by atoms with E-state index in [1.54, 1.807) is 17.9 Å². The maximum absolute atomic E-state index is 13.0. The van der Waals surface area contributed by atoms with Crippen LogP contribution < -0.4 is 10.3 Å². The monoisotopic (exact) mass is 348 g/mol. The highest BCUT2D eigenvalue weighted by Gasteiger charge is 2.14. The Bertz CT molecular complexity index is 958. The summed E-state index contributed by atoms with van der Waals surface area (Å²) in [5.74, 6) is 4.27. The van der Waals surface area contributed by atoms with Crippen LogP contribution in [0.1, 0.15) is 0 Å². The van der Waals surface area contributed by atoms with E-state index in [4.69, 9.17) is 11.2 Å². The molecule has 0 amide bonds. The highest BCUT2D eigenvalue weighted by molar-refractivity contribution is 7.99. The molecule has 0 atom stereocenters. The Morgan fingerprint density at radius 2 is 1.88 bits per heavy atom. The summed E-state index contributed by atoms with van der Waals surface area (Å²) in [5, 5.41) is 0. The third-order valence-corrected chi connectivity index (χ3v) is 4.51. The van der Waals surface area contributed by atoms with Crippen molar-refractivity contribution in [2.45, 2.75) is 4.90 Å². The number of ether oxygens (including phenoxy) is 1. The Hall–Kier alpha value is -2.97. The summed E-state index contributed by atoms with van der Waals surface area (Å²) >= 11 is 1.31. The van der Waals surface area contributed by atoms with Crippen molar-refractivity contribution in [1.29, 1.82) is 0 Å². The van der Waals surface area contributed by atoms with Gasteiger partial charge in [0, 0.05) is 11.8 Å². The first-order valence-corrected chi connectivity index (χ1v) is 8.61. The Kier molecular flexibility index (Phi) is 5.22. The molecule has 4 nitrogen and oxygen atoms in total. The number of methoxy groups -OCH3 is 1. The Labute approximate surface area is 150 Å². The van der Waals surface area contributed by atoms with E-state index in [9.17, 15) is 4.79 Å². The molecule has 0 N–H and O–H groups in total. The van der Waals surface area contributed by atoms with E-state index in [0.717, 1.165) is 17.0 Å². The van der Waals surface area contributed by atoms with E-state index in [1.807, 2.05) is 54.6 Å². The minimum Gasteiger partial charge on any atom is -0.497 e. The molecule has 0 aliphatic heterocycles. The molecule has 1 aromatic heterocycles. The summed E-state index contributed by atoms with van der Waals surface area (Å²) in [7, 11) is 1.61. The van der Waals surface area contributed by atoms with Crippen molar-refractivity contribution >= 4 is 11.8 Å². The number of rotatable bonds is 5. The van der Waals surface area contributed by atoms with Crippen LogP contribution in [0.25, 0.3) is 17.1 Å². The minimum absolute atomic E-state index is 0.140. The Balaban J connectivity index is 2.20. The third kappa shape index (κ3) is 3.59. The summed E-state index contributed by atoms with van der Waals surface area (Å²) < 4.78 is 6.80. The van der Waals surface area contributed by atoms with E-state index in [-0.39, 0.29) is 5.56 Å². The molecule has 1 heterocycles. The molecule has 0 radical (unpaired) electrons. The van der Waals surface area contributed by atoms with Crippen molar-refractivity contribution in [3.05, 3.63) is 71.1 Å². The smallest absolute Gasteiger partial charge is 0.272 e. The SMILES string of the molecule is C#CCSc1cnc(-c2ccccc2)n(-c2ccc(OC)cc2)c1=O. The zero-order valence-electron chi connectivity index (χ0n) is 13.7. The van der Waals surface area contributed by atoms with Crippen LogP contribution in [0.15, 0.2) is 70.5 Å². The molecule has 2 aromatic carbocycles. The largest absolute Gasteiger partial charge is 0.497 e. The molecule has 25 heavy (non-hydrogen) atoms. The molecule has 0 unspecified atom stereocenters. The number of terminal acetylenes is 1. The van der Waals surface area contributed by atoms with Crippen LogP contribution in [0, 0.1) is 12.3 Å². The van der Waals surface area contributed by atoms with Crippen molar-refractivity contribution in [2.75, 3.05) is 12.9 Å². The molecule has 0 saturated heterocycles. The van der Waals surface area contributed by atoms with Gasteiger partial charge in [-0.3, -0.25) is 9.36 Å². The van der Waals surface area contributed by atoms with Crippen LogP contribution in [0.5, 0.6) is 5.75 Å². The number of aromatic nitrogens is 2. The predicted octanol–water partition coefficient (Wildman–Crippen LogP) is 3.63. The topological polar surface area (TPSA) is 44.1 Å². The number of hydrogen-bond acceptors (Lipinski definition) is 4. The number of benzene rings is 2. The van der Waals surface area contributed by atoms with Crippen molar-refractivity contribution in [3.8, 4) is 35.2 Å². The summed E-state index contributed by atoms with van der Waals surface area (Å²) in [6.07, 6.45) is 6.90. The molecule has 3 rings (SSSR count). The zero-order chi connectivity index (χ0) is 17.6. The average Bonchev–Trinajstić information content (AvgIpc) is 2.67. The molecule has 0 spiro atoms. The second-order valence-electron chi connectivity index (χ2n) is 5.14. The highest BCUT2D eigenvalue weighted by atomic mass is 32.2. The number of nitrogens with zero attached hydrogens (tertiary/aromatic N) is 2. The van der Waals surface area contributed by atoms with E-state index < -0.39 is 0 Å². The maximum atomic E-state index is 13.0. The van der Waals surface area contributed by atoms with Gasteiger partial charge >= 0.3 is 0 Å². The quantitative estimate of drug-likeness (QED) is 0.522. The van der Waals surface area contributed by atoms with Crippen molar-refractivity contribution in [2.24, 2.45) is 0 Å². The Morgan fingerprint density at radius 1 is 1.16 bits per heavy atom. The average molecular weight is 348 g/mol. The lowest BCUT2D eigenvalue weighted by molar-refractivity contribution is 0.414. The first-order chi connectivity index (χ1) is 12.2. The fourth-order valence-electron chi connectivity index (χ4n) is 2.42. The number of thioether (sulfide) groups is 1. The summed E-state index contributed by atoms with van der Waals surface area (Å²) in [6, 6.07) is 16.9.